The predicted octanol–water partition coefficient (Wildman–Crippen LogP) is 1.15. The van der Waals surface area contributed by atoms with E-state index in [9.17, 15) is 19.7 Å². The lowest BCUT2D eigenvalue weighted by molar-refractivity contribution is -0.384. The molecule has 1 atom stereocenters. The van der Waals surface area contributed by atoms with Crippen LogP contribution < -0.4 is 21.5 Å². The summed E-state index contributed by atoms with van der Waals surface area (Å²) in [6.07, 6.45) is 4.41. The van der Waals surface area contributed by atoms with Crippen LogP contribution in [-0.4, -0.2) is 33.9 Å². The zero-order chi connectivity index (χ0) is 19.1. The molecule has 1 aliphatic carbocycles. The van der Waals surface area contributed by atoms with Crippen molar-refractivity contribution in [2.45, 2.75) is 44.7 Å². The molecule has 0 bridgehead atoms. The molecule has 1 aliphatic rings. The van der Waals surface area contributed by atoms with E-state index in [1.807, 2.05) is 0 Å². The molecule has 2 rings (SSSR count). The van der Waals surface area contributed by atoms with Gasteiger partial charge in [-0.15, -0.1) is 0 Å². The Morgan fingerprint density at radius 2 is 1.96 bits per heavy atom. The van der Waals surface area contributed by atoms with Crippen LogP contribution in [-0.2, 0) is 4.79 Å². The molecule has 1 saturated carbocycles. The Morgan fingerprint density at radius 1 is 1.27 bits per heavy atom. The summed E-state index contributed by atoms with van der Waals surface area (Å²) in [5, 5.41) is 16.7. The summed E-state index contributed by atoms with van der Waals surface area (Å²) in [6.45, 7) is 1.50. The van der Waals surface area contributed by atoms with Crippen molar-refractivity contribution in [1.82, 2.24) is 21.5 Å². The summed E-state index contributed by atoms with van der Waals surface area (Å²) >= 11 is 5.11. The average molecular weight is 379 g/mol. The van der Waals surface area contributed by atoms with Crippen LogP contribution in [0.4, 0.5) is 5.69 Å². The first kappa shape index (κ1) is 19.6. The van der Waals surface area contributed by atoms with E-state index in [1.54, 1.807) is 0 Å². The maximum absolute atomic E-state index is 12.1. The lowest BCUT2D eigenvalue weighted by atomic mass is 10.2. The Labute approximate surface area is 156 Å². The topological polar surface area (TPSA) is 125 Å². The third kappa shape index (κ3) is 5.66. The van der Waals surface area contributed by atoms with Gasteiger partial charge in [-0.2, -0.15) is 0 Å². The van der Waals surface area contributed by atoms with Gasteiger partial charge in [0.1, 0.15) is 6.04 Å². The minimum absolute atomic E-state index is 0.102. The summed E-state index contributed by atoms with van der Waals surface area (Å²) < 4.78 is 0. The number of rotatable bonds is 5. The maximum atomic E-state index is 12.1. The van der Waals surface area contributed by atoms with E-state index in [-0.39, 0.29) is 11.3 Å². The number of amides is 2. The van der Waals surface area contributed by atoms with Crippen LogP contribution in [0.5, 0.6) is 0 Å². The number of nitro groups is 1. The van der Waals surface area contributed by atoms with Gasteiger partial charge in [-0.05, 0) is 38.0 Å². The van der Waals surface area contributed by atoms with Crippen molar-refractivity contribution in [3.05, 3.63) is 39.9 Å². The number of nitro benzene ring substituents is 1. The first-order valence-electron chi connectivity index (χ1n) is 8.28. The van der Waals surface area contributed by atoms with Gasteiger partial charge in [-0.25, -0.2) is 0 Å². The van der Waals surface area contributed by atoms with Crippen LogP contribution in [0, 0.1) is 10.1 Å². The molecule has 0 heterocycles. The molecule has 0 radical (unpaired) electrons. The fraction of sp³-hybridized carbons (Fsp3) is 0.438. The van der Waals surface area contributed by atoms with E-state index in [2.05, 4.69) is 21.5 Å². The number of non-ortho nitro benzene ring substituents is 1. The molecular formula is C16H21N5O4S. The van der Waals surface area contributed by atoms with Gasteiger partial charge < -0.3 is 10.6 Å². The zero-order valence-electron chi connectivity index (χ0n) is 14.3. The molecule has 0 aromatic heterocycles. The number of nitrogens with one attached hydrogen (secondary N) is 4. The van der Waals surface area contributed by atoms with Gasteiger partial charge in [0, 0.05) is 23.7 Å². The normalized spacial score (nSPS) is 15.0. The zero-order valence-corrected chi connectivity index (χ0v) is 15.1. The Bertz CT molecular complexity index is 706. The fourth-order valence-electron chi connectivity index (χ4n) is 2.62. The molecular weight excluding hydrogens is 358 g/mol. The molecule has 0 saturated heterocycles. The van der Waals surface area contributed by atoms with Gasteiger partial charge in [-0.1, -0.05) is 18.9 Å². The number of hydrazine groups is 1. The van der Waals surface area contributed by atoms with Crippen LogP contribution in [0.15, 0.2) is 24.3 Å². The Hall–Kier alpha value is -2.75. The van der Waals surface area contributed by atoms with Crippen molar-refractivity contribution in [2.75, 3.05) is 0 Å². The van der Waals surface area contributed by atoms with Crippen molar-refractivity contribution in [3.8, 4) is 0 Å². The van der Waals surface area contributed by atoms with E-state index in [0.29, 0.717) is 11.2 Å². The fourth-order valence-corrected chi connectivity index (χ4v) is 2.84. The highest BCUT2D eigenvalue weighted by molar-refractivity contribution is 7.80. The minimum Gasteiger partial charge on any atom is -0.359 e. The second kappa shape index (κ2) is 9.09. The molecule has 0 unspecified atom stereocenters. The first-order valence-corrected chi connectivity index (χ1v) is 8.69. The SMILES string of the molecule is C[C@H](NC(=O)c1cccc([N+](=O)[O-])c1)C(=O)NNC(=S)NC1CCCC1. The maximum Gasteiger partial charge on any atom is 0.270 e. The molecule has 9 nitrogen and oxygen atoms in total. The van der Waals surface area contributed by atoms with Crippen LogP contribution in [0.25, 0.3) is 0 Å². The summed E-state index contributed by atoms with van der Waals surface area (Å²) in [5.41, 5.74) is 4.94. The van der Waals surface area contributed by atoms with Gasteiger partial charge >= 0.3 is 0 Å². The van der Waals surface area contributed by atoms with Gasteiger partial charge in [0.15, 0.2) is 5.11 Å². The molecule has 0 spiro atoms. The van der Waals surface area contributed by atoms with Crippen LogP contribution in [0.3, 0.4) is 0 Å². The Morgan fingerprint density at radius 3 is 2.62 bits per heavy atom. The van der Waals surface area contributed by atoms with Gasteiger partial charge in [-0.3, -0.25) is 30.6 Å². The van der Waals surface area contributed by atoms with Crippen molar-refractivity contribution >= 4 is 34.8 Å². The number of benzene rings is 1. The number of carbonyl (C=O) groups excluding carboxylic acids is 2. The van der Waals surface area contributed by atoms with E-state index in [4.69, 9.17) is 12.2 Å². The monoisotopic (exact) mass is 379 g/mol. The first-order chi connectivity index (χ1) is 12.4. The minimum atomic E-state index is -0.858. The van der Waals surface area contributed by atoms with E-state index < -0.39 is 22.8 Å². The second-order valence-corrected chi connectivity index (χ2v) is 6.48. The molecule has 140 valence electrons. The lowest BCUT2D eigenvalue weighted by Gasteiger charge is -2.18. The van der Waals surface area contributed by atoms with Crippen LogP contribution in [0.1, 0.15) is 43.0 Å². The number of hydrogen-bond acceptors (Lipinski definition) is 5. The number of thiocarbonyl (C=S) groups is 1. The standard InChI is InChI=1S/C16H21N5O4S/c1-10(14(22)19-20-16(26)18-12-6-2-3-7-12)17-15(23)11-5-4-8-13(9-11)21(24)25/h4-5,8-10,12H,2-3,6-7H2,1H3,(H,17,23)(H,19,22)(H2,18,20,26)/t10-/m0/s1. The Balaban J connectivity index is 1.80. The van der Waals surface area contributed by atoms with Gasteiger partial charge in [0.25, 0.3) is 17.5 Å². The smallest absolute Gasteiger partial charge is 0.270 e. The van der Waals surface area contributed by atoms with E-state index in [1.165, 1.54) is 25.1 Å². The lowest BCUT2D eigenvalue weighted by Crippen LogP contribution is -2.54. The predicted molar refractivity (Wildman–Crippen MR) is 99.3 cm³/mol. The quantitative estimate of drug-likeness (QED) is 0.343. The molecule has 1 aromatic rings. The third-order valence-electron chi connectivity index (χ3n) is 4.05. The largest absolute Gasteiger partial charge is 0.359 e. The molecule has 26 heavy (non-hydrogen) atoms. The van der Waals surface area contributed by atoms with Crippen molar-refractivity contribution in [3.63, 3.8) is 0 Å². The van der Waals surface area contributed by atoms with Crippen LogP contribution >= 0.6 is 12.2 Å². The Kier molecular flexibility index (Phi) is 6.84. The molecule has 4 N–H and O–H groups in total. The van der Waals surface area contributed by atoms with Crippen LogP contribution in [0.2, 0.25) is 0 Å². The second-order valence-electron chi connectivity index (χ2n) is 6.07. The molecule has 0 aliphatic heterocycles. The highest BCUT2D eigenvalue weighted by Gasteiger charge is 2.19. The van der Waals surface area contributed by atoms with E-state index in [0.717, 1.165) is 31.7 Å². The number of hydrogen-bond donors (Lipinski definition) is 4. The average Bonchev–Trinajstić information content (AvgIpc) is 3.12. The molecule has 1 aromatic carbocycles. The van der Waals surface area contributed by atoms with E-state index >= 15 is 0 Å². The van der Waals surface area contributed by atoms with Gasteiger partial charge in [0.05, 0.1) is 4.92 Å². The highest BCUT2D eigenvalue weighted by Crippen LogP contribution is 2.17. The van der Waals surface area contributed by atoms with Crippen molar-refractivity contribution < 1.29 is 14.5 Å². The highest BCUT2D eigenvalue weighted by atomic mass is 32.1. The molecule has 1 fully saturated rings. The molecule has 2 amide bonds. The summed E-state index contributed by atoms with van der Waals surface area (Å²) in [5.74, 6) is -1.07. The number of nitrogens with zero attached hydrogens (tertiary/aromatic N) is 1. The molecule has 10 heteroatoms. The summed E-state index contributed by atoms with van der Waals surface area (Å²) in [4.78, 5) is 34.3. The summed E-state index contributed by atoms with van der Waals surface area (Å²) in [7, 11) is 0. The number of carbonyl (C=O) groups is 2. The third-order valence-corrected chi connectivity index (χ3v) is 4.27. The van der Waals surface area contributed by atoms with Crippen molar-refractivity contribution in [2.24, 2.45) is 0 Å². The van der Waals surface area contributed by atoms with Gasteiger partial charge in [0.2, 0.25) is 0 Å². The summed E-state index contributed by atoms with van der Waals surface area (Å²) in [6, 6.07) is 4.74. The van der Waals surface area contributed by atoms with Crippen molar-refractivity contribution in [1.29, 1.82) is 0 Å².